The fourth-order valence-electron chi connectivity index (χ4n) is 17.9. The van der Waals surface area contributed by atoms with E-state index in [0.29, 0.717) is 131 Å². The molecule has 0 bridgehead atoms. The summed E-state index contributed by atoms with van der Waals surface area (Å²) >= 11 is 2.74. The average Bonchev–Trinajstić information content (AvgIpc) is 0.774. The third kappa shape index (κ3) is 30.1. The zero-order valence-corrected chi connectivity index (χ0v) is 88.9. The number of sulfonamides is 3. The van der Waals surface area contributed by atoms with Gasteiger partial charge in [-0.2, -0.15) is 12.9 Å². The molecule has 11 aromatic rings. The van der Waals surface area contributed by atoms with Gasteiger partial charge in [0, 0.05) is 179 Å². The summed E-state index contributed by atoms with van der Waals surface area (Å²) in [4.78, 5) is 87.0. The van der Waals surface area contributed by atoms with E-state index in [1.165, 1.54) is 76.5 Å². The standard InChI is InChI=1S/C45H56N4O5S.C38H43N3O5S2.C31H37N3O5S2/c1-44(2,3)37-12-16-39(17-13-37)46-22-24-48(25-23-46)42(50)21-10-33-8-7-9-34(30-33)35-11-20-41(43(51)52)36(31-35)32-55(53,54)49-28-26-47(27-29-49)40-18-14-38(15-19-40)45(4,5)6;1-27-9-8-10-28(23-27)33-24-29(34(37(43)44)25-35(33)47-22-17-36(42)39-31-11-6-5-7-12-31)26-48(45,46)41-20-18-40(19-21-41)32-15-13-30(14-16-32)38(2,3)4;1-31(2,3)24-10-12-26(13-11-24)33-16-18-34(19-17-33)41(38,39)22-23-9-14-27(21-28(23)30(36)37)40-20-15-29(35)32-25-7-5-4-6-8-25/h7-9,11-20,30-31H,10,21-29,32H2,1-6H3,(H,51,52);5-16,23-25H,17-22,26H2,1-4H3,(H,39,42)(H,43,44);4-14,21H,15-20,22H2,1-3H3,(H,32,35)(H,36,37). The lowest BCUT2D eigenvalue weighted by molar-refractivity contribution is -0.131. The number of carbonyl (C=O) groups is 6. The van der Waals surface area contributed by atoms with Crippen LogP contribution in [-0.2, 0) is 89.8 Å². The molecule has 0 radical (unpaired) electrons. The summed E-state index contributed by atoms with van der Waals surface area (Å²) in [6.45, 7) is 36.4. The van der Waals surface area contributed by atoms with Crippen molar-refractivity contribution in [2.24, 2.45) is 0 Å². The maximum Gasteiger partial charge on any atom is 0.336 e. The summed E-state index contributed by atoms with van der Waals surface area (Å²) in [6, 6.07) is 81.0. The van der Waals surface area contributed by atoms with Gasteiger partial charge in [-0.15, -0.1) is 23.5 Å². The highest BCUT2D eigenvalue weighted by molar-refractivity contribution is 7.99. The average molecular weight is 2050 g/mol. The van der Waals surface area contributed by atoms with E-state index in [0.717, 1.165) is 69.2 Å². The number of aryl methyl sites for hydroxylation is 2. The third-order valence-electron chi connectivity index (χ3n) is 26.5. The Morgan fingerprint density at radius 3 is 1.08 bits per heavy atom. The highest BCUT2D eigenvalue weighted by Gasteiger charge is 2.35. The Morgan fingerprint density at radius 1 is 0.326 bits per heavy atom. The van der Waals surface area contributed by atoms with Gasteiger partial charge in [-0.3, -0.25) is 14.4 Å². The molecule has 0 saturated carbocycles. The first-order valence-electron chi connectivity index (χ1n) is 49.1. The Hall–Kier alpha value is -12.1. The second-order valence-electron chi connectivity index (χ2n) is 41.2. The van der Waals surface area contributed by atoms with Crippen LogP contribution in [0.15, 0.2) is 265 Å². The molecular formula is C114H136N10O15S5. The molecule has 4 heterocycles. The van der Waals surface area contributed by atoms with Gasteiger partial charge in [0.25, 0.3) is 0 Å². The Morgan fingerprint density at radius 2 is 0.688 bits per heavy atom. The van der Waals surface area contributed by atoms with Gasteiger partial charge in [-0.1, -0.05) is 234 Å². The fraction of sp³-hybridized carbons (Fsp3) is 0.368. The Labute approximate surface area is 859 Å². The predicted molar refractivity (Wildman–Crippen MR) is 584 cm³/mol. The van der Waals surface area contributed by atoms with Gasteiger partial charge in [0.2, 0.25) is 47.8 Å². The molecular weight excluding hydrogens is 1910 g/mol. The van der Waals surface area contributed by atoms with E-state index in [-0.39, 0.29) is 91.4 Å². The smallest absolute Gasteiger partial charge is 0.336 e. The summed E-state index contributed by atoms with van der Waals surface area (Å²) in [6.07, 6.45) is 1.44. The first-order chi connectivity index (χ1) is 68.2. The van der Waals surface area contributed by atoms with Crippen molar-refractivity contribution in [1.82, 2.24) is 17.8 Å². The van der Waals surface area contributed by atoms with E-state index < -0.39 is 59.5 Å². The number of rotatable bonds is 31. The SMILES string of the molecule is CC(C)(C)c1ccc(N2CCN(C(=O)CCc3cccc(-c4ccc(C(=O)O)c(CS(=O)(=O)N5CCN(c6ccc(C(C)(C)C)cc6)CC5)c4)c3)CC2)cc1.CC(C)(C)c1ccc(N2CCN(S(=O)(=O)Cc3ccc(SCCC(=O)Nc4ccccc4)cc3C(=O)O)CC2)cc1.Cc1cccc(-c2cc(CS(=O)(=O)N3CCN(c4ccc(C(C)(C)C)cc4)CC3)c(C(=O)O)cc2SCCC(=O)Nc2ccccc2)c1. The lowest BCUT2D eigenvalue weighted by Gasteiger charge is -2.36. The van der Waals surface area contributed by atoms with Crippen LogP contribution in [0.4, 0.5) is 34.1 Å². The van der Waals surface area contributed by atoms with Crippen LogP contribution < -0.4 is 30.2 Å². The summed E-state index contributed by atoms with van der Waals surface area (Å²) < 4.78 is 85.9. The van der Waals surface area contributed by atoms with Gasteiger partial charge in [-0.25, -0.2) is 39.6 Å². The molecule has 0 unspecified atom stereocenters. The van der Waals surface area contributed by atoms with Crippen LogP contribution in [0.25, 0.3) is 22.3 Å². The number of aromatic carboxylic acids is 3. The number of nitrogens with zero attached hydrogens (tertiary/aromatic N) is 8. The first-order valence-corrected chi connectivity index (χ1v) is 55.9. The van der Waals surface area contributed by atoms with Gasteiger partial charge in [0.15, 0.2) is 0 Å². The van der Waals surface area contributed by atoms with Crippen molar-refractivity contribution in [3.8, 4) is 22.3 Å². The Kier molecular flexibility index (Phi) is 36.2. The minimum atomic E-state index is -3.82. The largest absolute Gasteiger partial charge is 0.478 e. The summed E-state index contributed by atoms with van der Waals surface area (Å²) in [7, 11) is -11.3. The molecule has 4 fully saturated rings. The van der Waals surface area contributed by atoms with Crippen molar-refractivity contribution in [1.29, 1.82) is 0 Å². The van der Waals surface area contributed by atoms with Gasteiger partial charge in [0.1, 0.15) is 0 Å². The number of carbonyl (C=O) groups excluding carboxylic acids is 3. The number of nitrogens with one attached hydrogen (secondary N) is 2. The molecule has 30 heteroatoms. The molecule has 0 atom stereocenters. The van der Waals surface area contributed by atoms with Crippen molar-refractivity contribution in [3.05, 3.63) is 322 Å². The topological polar surface area (TPSA) is 316 Å². The van der Waals surface area contributed by atoms with Gasteiger partial charge >= 0.3 is 17.9 Å². The molecule has 144 heavy (non-hydrogen) atoms. The number of hydrogen-bond acceptors (Lipinski definition) is 18. The van der Waals surface area contributed by atoms with Crippen LogP contribution in [0.3, 0.4) is 0 Å². The molecule has 25 nitrogen and oxygen atoms in total. The summed E-state index contributed by atoms with van der Waals surface area (Å²) in [5.41, 5.74) is 16.9. The van der Waals surface area contributed by atoms with E-state index in [9.17, 15) is 69.3 Å². The lowest BCUT2D eigenvalue weighted by atomic mass is 9.87. The van der Waals surface area contributed by atoms with Crippen LogP contribution in [-0.4, -0.2) is 210 Å². The highest BCUT2D eigenvalue weighted by atomic mass is 32.2. The molecule has 3 amide bonds. The number of carboxylic acid groups (broad SMARTS) is 3. The molecule has 4 aliphatic rings. The quantitative estimate of drug-likeness (QED) is 0.0252. The Bertz CT molecular complexity index is 6680. The van der Waals surface area contributed by atoms with Gasteiger partial charge in [-0.05, 0) is 211 Å². The molecule has 11 aromatic carbocycles. The Balaban J connectivity index is 0.000000183. The maximum absolute atomic E-state index is 13.8. The first kappa shape index (κ1) is 109. The number of thioether (sulfide) groups is 2. The second-order valence-corrected chi connectivity index (χ2v) is 49.4. The van der Waals surface area contributed by atoms with Crippen LogP contribution in [0.2, 0.25) is 0 Å². The molecule has 5 N–H and O–H groups in total. The van der Waals surface area contributed by atoms with E-state index in [2.05, 4.69) is 210 Å². The third-order valence-corrected chi connectivity index (χ3v) is 34.1. The van der Waals surface area contributed by atoms with Crippen LogP contribution >= 0.6 is 23.5 Å². The minimum absolute atomic E-state index is 0.0198. The molecule has 15 rings (SSSR count). The molecule has 4 aliphatic heterocycles. The van der Waals surface area contributed by atoms with Crippen molar-refractivity contribution in [3.63, 3.8) is 0 Å². The maximum atomic E-state index is 13.8. The van der Waals surface area contributed by atoms with Crippen molar-refractivity contribution in [2.75, 3.05) is 146 Å². The number of benzene rings is 11. The van der Waals surface area contributed by atoms with Crippen molar-refractivity contribution >= 4 is 123 Å². The zero-order valence-electron chi connectivity index (χ0n) is 84.8. The molecule has 4 saturated heterocycles. The summed E-state index contributed by atoms with van der Waals surface area (Å²) in [5.74, 6) is -4.00. The predicted octanol–water partition coefficient (Wildman–Crippen LogP) is 20.5. The zero-order chi connectivity index (χ0) is 104. The van der Waals surface area contributed by atoms with Crippen molar-refractivity contribution in [2.45, 2.75) is 164 Å². The van der Waals surface area contributed by atoms with Gasteiger partial charge < -0.3 is 50.5 Å². The second kappa shape index (κ2) is 47.8. The van der Waals surface area contributed by atoms with E-state index in [1.807, 2.05) is 121 Å². The normalized spacial score (nSPS) is 15.0. The van der Waals surface area contributed by atoms with E-state index >= 15 is 0 Å². The number of amides is 3. The molecule has 0 spiro atoms. The number of hydrogen-bond donors (Lipinski definition) is 5. The van der Waals surface area contributed by atoms with E-state index in [4.69, 9.17) is 0 Å². The molecule has 0 aliphatic carbocycles. The van der Waals surface area contributed by atoms with Gasteiger partial charge in [0.05, 0.1) is 33.9 Å². The number of anilines is 6. The highest BCUT2D eigenvalue weighted by Crippen LogP contribution is 2.39. The minimum Gasteiger partial charge on any atom is -0.478 e. The number of para-hydroxylation sites is 2. The molecule has 0 aromatic heterocycles. The van der Waals surface area contributed by atoms with Crippen LogP contribution in [0.5, 0.6) is 0 Å². The number of carboxylic acids is 3. The monoisotopic (exact) mass is 2040 g/mol. The fourth-order valence-corrected chi connectivity index (χ4v) is 24.5. The summed E-state index contributed by atoms with van der Waals surface area (Å²) in [5, 5.41) is 35.7. The van der Waals surface area contributed by atoms with E-state index in [1.54, 1.807) is 36.4 Å². The lowest BCUT2D eigenvalue weighted by Crippen LogP contribution is -2.49. The molecule has 762 valence electrons. The number of piperazine rings is 4. The van der Waals surface area contributed by atoms with Crippen molar-refractivity contribution < 1.29 is 69.3 Å². The van der Waals surface area contributed by atoms with Crippen LogP contribution in [0.1, 0.15) is 183 Å². The van der Waals surface area contributed by atoms with Crippen LogP contribution in [0, 0.1) is 6.92 Å².